The zero-order valence-electron chi connectivity index (χ0n) is 17.9. The maximum Gasteiger partial charge on any atom is 0.261 e. The Balaban J connectivity index is 1.42. The molecular weight excluding hydrogens is 446 g/mol. The number of hydrogen-bond donors (Lipinski definition) is 3. The molecule has 166 valence electrons. The van der Waals surface area contributed by atoms with Crippen molar-refractivity contribution in [1.82, 2.24) is 29.5 Å². The highest BCUT2D eigenvalue weighted by atomic mass is 32.2. The van der Waals surface area contributed by atoms with Crippen LogP contribution in [-0.4, -0.2) is 54.3 Å². The first kappa shape index (κ1) is 22.0. The van der Waals surface area contributed by atoms with Gasteiger partial charge >= 0.3 is 0 Å². The lowest BCUT2D eigenvalue weighted by Crippen LogP contribution is -2.15. The number of hydrogen-bond acceptors (Lipinski definition) is 10. The van der Waals surface area contributed by atoms with Crippen molar-refractivity contribution >= 4 is 52.4 Å². The number of aryl methyl sites for hydroxylation is 1. The lowest BCUT2D eigenvalue weighted by molar-refractivity contribution is -0.113. The molecule has 10 nitrogen and oxygen atoms in total. The fourth-order valence-corrected chi connectivity index (χ4v) is 4.30. The average Bonchev–Trinajstić information content (AvgIpc) is 3.40. The van der Waals surface area contributed by atoms with Crippen LogP contribution in [0.15, 0.2) is 34.8 Å². The van der Waals surface area contributed by atoms with Gasteiger partial charge in [0.05, 0.1) is 16.5 Å². The van der Waals surface area contributed by atoms with Gasteiger partial charge in [-0.05, 0) is 32.9 Å². The van der Waals surface area contributed by atoms with Gasteiger partial charge in [-0.3, -0.25) is 4.79 Å². The van der Waals surface area contributed by atoms with Crippen molar-refractivity contribution in [1.29, 1.82) is 0 Å². The Morgan fingerprint density at radius 1 is 1.06 bits per heavy atom. The molecule has 0 fully saturated rings. The van der Waals surface area contributed by atoms with Gasteiger partial charge in [-0.25, -0.2) is 9.38 Å². The monoisotopic (exact) mass is 469 g/mol. The van der Waals surface area contributed by atoms with Crippen LogP contribution in [0.5, 0.6) is 0 Å². The number of rotatable bonds is 9. The van der Waals surface area contributed by atoms with E-state index < -0.39 is 0 Å². The van der Waals surface area contributed by atoms with Gasteiger partial charge < -0.3 is 16.0 Å². The highest BCUT2D eigenvalue weighted by molar-refractivity contribution is 7.99. The molecule has 4 aromatic rings. The van der Waals surface area contributed by atoms with Crippen molar-refractivity contribution in [2.24, 2.45) is 0 Å². The van der Waals surface area contributed by atoms with Crippen LogP contribution in [0.3, 0.4) is 0 Å². The van der Waals surface area contributed by atoms with Crippen molar-refractivity contribution in [3.8, 4) is 11.3 Å². The molecule has 0 bridgehead atoms. The van der Waals surface area contributed by atoms with Gasteiger partial charge in [0.1, 0.15) is 0 Å². The quantitative estimate of drug-likeness (QED) is 0.316. The standard InChI is InChI=1S/C20H23N9OS2/c1-4-21-17-25-18(22-5-2)29-19(26-17)27-28-20(29)32-11-16(30)24-14-8-6-13(7-9-14)15-10-31-12(3)23-15/h6-10H,4-5,11H2,1-3H3,(H,24,30)(H2,21,22,25,26,27). The number of aromatic nitrogens is 6. The Hall–Kier alpha value is -3.25. The van der Waals surface area contributed by atoms with Crippen molar-refractivity contribution in [2.45, 2.75) is 25.9 Å². The summed E-state index contributed by atoms with van der Waals surface area (Å²) in [6.07, 6.45) is 0. The van der Waals surface area contributed by atoms with Crippen molar-refractivity contribution in [3.63, 3.8) is 0 Å². The second kappa shape index (κ2) is 9.92. The van der Waals surface area contributed by atoms with Crippen LogP contribution >= 0.6 is 23.1 Å². The van der Waals surface area contributed by atoms with Gasteiger partial charge in [0.25, 0.3) is 5.78 Å². The molecule has 0 aliphatic carbocycles. The maximum absolute atomic E-state index is 12.5. The number of nitrogens with one attached hydrogen (secondary N) is 3. The van der Waals surface area contributed by atoms with Crippen molar-refractivity contribution in [3.05, 3.63) is 34.7 Å². The minimum atomic E-state index is -0.140. The molecule has 3 aromatic heterocycles. The lowest BCUT2D eigenvalue weighted by Gasteiger charge is -2.09. The Kier molecular flexibility index (Phi) is 6.81. The van der Waals surface area contributed by atoms with E-state index >= 15 is 0 Å². The van der Waals surface area contributed by atoms with Crippen LogP contribution in [0.25, 0.3) is 17.0 Å². The number of carbonyl (C=O) groups excluding carboxylic acids is 1. The molecule has 0 radical (unpaired) electrons. The van der Waals surface area contributed by atoms with Gasteiger partial charge in [0.2, 0.25) is 17.8 Å². The maximum atomic E-state index is 12.5. The molecule has 1 amide bonds. The lowest BCUT2D eigenvalue weighted by atomic mass is 10.1. The Bertz CT molecular complexity index is 1220. The summed E-state index contributed by atoms with van der Waals surface area (Å²) < 4.78 is 1.72. The first-order valence-corrected chi connectivity index (χ1v) is 12.0. The number of amides is 1. The highest BCUT2D eigenvalue weighted by Gasteiger charge is 2.16. The predicted molar refractivity (Wildman–Crippen MR) is 129 cm³/mol. The fourth-order valence-electron chi connectivity index (χ4n) is 2.94. The summed E-state index contributed by atoms with van der Waals surface area (Å²) in [4.78, 5) is 25.8. The van der Waals surface area contributed by atoms with Crippen LogP contribution in [0.2, 0.25) is 0 Å². The van der Waals surface area contributed by atoms with Crippen LogP contribution in [0.4, 0.5) is 17.6 Å². The molecule has 1 aromatic carbocycles. The molecular formula is C20H23N9OS2. The minimum Gasteiger partial charge on any atom is -0.355 e. The molecule has 0 aliphatic rings. The molecule has 0 spiro atoms. The van der Waals surface area contributed by atoms with E-state index in [1.165, 1.54) is 11.8 Å². The van der Waals surface area contributed by atoms with Gasteiger partial charge in [0, 0.05) is 29.7 Å². The first-order chi connectivity index (χ1) is 15.6. The summed E-state index contributed by atoms with van der Waals surface area (Å²) in [6, 6.07) is 7.65. The second-order valence-corrected chi connectivity index (χ2v) is 8.72. The molecule has 0 saturated carbocycles. The molecule has 0 unspecified atom stereocenters. The topological polar surface area (TPSA) is 122 Å². The van der Waals surface area contributed by atoms with E-state index in [-0.39, 0.29) is 11.7 Å². The summed E-state index contributed by atoms with van der Waals surface area (Å²) in [5.41, 5.74) is 2.68. The van der Waals surface area contributed by atoms with Crippen LogP contribution in [0, 0.1) is 6.92 Å². The Labute approximate surface area is 193 Å². The van der Waals surface area contributed by atoms with Gasteiger partial charge in [0.15, 0.2) is 5.16 Å². The summed E-state index contributed by atoms with van der Waals surface area (Å²) in [5.74, 6) is 1.51. The van der Waals surface area contributed by atoms with E-state index in [1.807, 2.05) is 50.4 Å². The molecule has 3 N–H and O–H groups in total. The zero-order chi connectivity index (χ0) is 22.5. The third-order valence-corrected chi connectivity index (χ3v) is 6.03. The van der Waals surface area contributed by atoms with E-state index in [1.54, 1.807) is 15.7 Å². The van der Waals surface area contributed by atoms with Crippen molar-refractivity contribution in [2.75, 3.05) is 34.8 Å². The van der Waals surface area contributed by atoms with E-state index in [0.29, 0.717) is 35.9 Å². The third kappa shape index (κ3) is 4.97. The number of carbonyl (C=O) groups is 1. The fraction of sp³-hybridized carbons (Fsp3) is 0.300. The number of anilines is 3. The number of benzene rings is 1. The van der Waals surface area contributed by atoms with Gasteiger partial charge in [-0.15, -0.1) is 21.5 Å². The van der Waals surface area contributed by atoms with Gasteiger partial charge in [-0.2, -0.15) is 9.97 Å². The molecule has 0 atom stereocenters. The Morgan fingerprint density at radius 3 is 2.53 bits per heavy atom. The largest absolute Gasteiger partial charge is 0.355 e. The number of thiazole rings is 1. The minimum absolute atomic E-state index is 0.140. The summed E-state index contributed by atoms with van der Waals surface area (Å²) in [6.45, 7) is 7.30. The predicted octanol–water partition coefficient (Wildman–Crippen LogP) is 3.55. The van der Waals surface area contributed by atoms with Crippen molar-refractivity contribution < 1.29 is 4.79 Å². The normalized spacial score (nSPS) is 11.0. The zero-order valence-corrected chi connectivity index (χ0v) is 19.5. The summed E-state index contributed by atoms with van der Waals surface area (Å²) in [5, 5.41) is 21.1. The highest BCUT2D eigenvalue weighted by Crippen LogP contribution is 2.24. The van der Waals surface area contributed by atoms with Crippen LogP contribution in [-0.2, 0) is 4.79 Å². The molecule has 32 heavy (non-hydrogen) atoms. The third-order valence-electron chi connectivity index (χ3n) is 4.33. The smallest absolute Gasteiger partial charge is 0.261 e. The molecule has 0 saturated heterocycles. The van der Waals surface area contributed by atoms with E-state index in [2.05, 4.69) is 41.1 Å². The summed E-state index contributed by atoms with van der Waals surface area (Å²) >= 11 is 2.89. The number of thioether (sulfide) groups is 1. The van der Waals surface area contributed by atoms with E-state index in [9.17, 15) is 4.79 Å². The number of nitrogens with zero attached hydrogens (tertiary/aromatic N) is 6. The SMILES string of the molecule is CCNc1nc(NCC)n2c(SCC(=O)Nc3ccc(-c4csc(C)n4)cc3)nnc2n1. The van der Waals surface area contributed by atoms with Crippen LogP contribution in [0.1, 0.15) is 18.9 Å². The van der Waals surface area contributed by atoms with E-state index in [4.69, 9.17) is 0 Å². The Morgan fingerprint density at radius 2 is 1.84 bits per heavy atom. The number of fused-ring (bicyclic) bond motifs is 1. The van der Waals surface area contributed by atoms with Crippen LogP contribution < -0.4 is 16.0 Å². The molecule has 3 heterocycles. The molecule has 12 heteroatoms. The second-order valence-electron chi connectivity index (χ2n) is 6.72. The first-order valence-electron chi connectivity index (χ1n) is 10.1. The molecule has 0 aliphatic heterocycles. The average molecular weight is 470 g/mol. The van der Waals surface area contributed by atoms with E-state index in [0.717, 1.165) is 22.0 Å². The molecule has 4 rings (SSSR count). The van der Waals surface area contributed by atoms with Gasteiger partial charge in [-0.1, -0.05) is 23.9 Å². The summed E-state index contributed by atoms with van der Waals surface area (Å²) in [7, 11) is 0.